The Morgan fingerprint density at radius 1 is 0.264 bits per heavy atom. The summed E-state index contributed by atoms with van der Waals surface area (Å²) in [6, 6.07) is 0. The fourth-order valence-electron chi connectivity index (χ4n) is 10.5. The zero-order chi connectivity index (χ0) is 77.4. The van der Waals surface area contributed by atoms with E-state index in [1.165, 1.54) is 109 Å². The topological polar surface area (TPSA) is 237 Å². The number of rotatable bonds is 76. The number of allylic oxidation sites excluding steroid dienone is 24. The smallest absolute Gasteiger partial charge is 0.462 e. The van der Waals surface area contributed by atoms with Gasteiger partial charge in [-0.3, -0.25) is 37.3 Å². The van der Waals surface area contributed by atoms with E-state index >= 15 is 0 Å². The quantitative estimate of drug-likeness (QED) is 0.0169. The molecule has 5 atom stereocenters. The molecular formula is C87H146O17P2. The van der Waals surface area contributed by atoms with Crippen molar-refractivity contribution >= 4 is 39.5 Å². The molecule has 3 N–H and O–H groups in total. The summed E-state index contributed by atoms with van der Waals surface area (Å²) in [6.45, 7) is 4.62. The zero-order valence-corrected chi connectivity index (χ0v) is 68.1. The molecule has 19 heteroatoms. The summed E-state index contributed by atoms with van der Waals surface area (Å²) in [7, 11) is -10.0. The SMILES string of the molecule is CCCCC/C=C\C/C=C\C/C=C\C/C=C\C/C=C\CCC(=O)OC[C@H](COP(=O)(O)OC[C@@H](O)COP(=O)(O)OC[C@@H](COC(=O)CCCCCCC/C=C\C/C=C\CCCCC)OC(=O)CCCCCCCCCCCCCCC)OC(=O)CC/C=C\C/C=C\C/C=C\C/C=C\C/C=C\CCCCC. The Morgan fingerprint density at radius 3 is 0.802 bits per heavy atom. The van der Waals surface area contributed by atoms with E-state index in [9.17, 15) is 43.2 Å². The maximum absolute atomic E-state index is 13.1. The lowest BCUT2D eigenvalue weighted by Crippen LogP contribution is -2.30. The molecule has 0 heterocycles. The highest BCUT2D eigenvalue weighted by Gasteiger charge is 2.30. The molecule has 606 valence electrons. The maximum Gasteiger partial charge on any atom is 0.472 e. The standard InChI is InChI=1S/C87H146O17P2/c1-5-9-13-17-21-25-29-33-36-38-40-42-45-49-52-56-60-64-68-72-85(90)98-78-83(104-87(92)74-70-66-62-58-54-50-46-43-41-39-37-34-30-26-22-18-14-10-6-2)80-102-106(95,96)100-76-81(88)75-99-105(93,94)101-79-82(103-86(91)73-69-65-61-57-53-47-32-28-24-20-16-12-8-4)77-97-84(89)71-67-63-59-55-51-48-44-35-31-27-23-19-15-11-7-3/h21-23,25-27,33-37,40-44,49-50,52,54,60,62,64,66,81-83,88H,5-20,24,28-32,38-39,45-48,51,53,55-59,61,63,65,67-80H2,1-4H3,(H,93,94)(H,95,96)/b25-21-,26-22-,27-23-,36-33-,37-34-,42-40-,43-41-,44-35-,52-49-,54-50-,64-60-,66-62-/t81-,82+,83+/m0/s1. The first-order chi connectivity index (χ1) is 51.7. The van der Waals surface area contributed by atoms with Crippen LogP contribution < -0.4 is 0 Å². The molecule has 0 saturated carbocycles. The van der Waals surface area contributed by atoms with Crippen molar-refractivity contribution in [1.82, 2.24) is 0 Å². The van der Waals surface area contributed by atoms with Crippen LogP contribution in [0.15, 0.2) is 146 Å². The molecule has 0 saturated heterocycles. The summed E-state index contributed by atoms with van der Waals surface area (Å²) in [4.78, 5) is 73.0. The second kappa shape index (κ2) is 78.1. The average molecular weight is 1530 g/mol. The van der Waals surface area contributed by atoms with Gasteiger partial charge in [0.05, 0.1) is 26.4 Å². The van der Waals surface area contributed by atoms with Crippen LogP contribution >= 0.6 is 15.6 Å². The monoisotopic (exact) mass is 1530 g/mol. The molecule has 0 aromatic carbocycles. The number of phosphoric acid groups is 2. The highest BCUT2D eigenvalue weighted by atomic mass is 31.2. The largest absolute Gasteiger partial charge is 0.472 e. The number of carbonyl (C=O) groups is 4. The molecule has 106 heavy (non-hydrogen) atoms. The summed E-state index contributed by atoms with van der Waals surface area (Å²) in [5.74, 6) is -2.38. The third kappa shape index (κ3) is 77.1. The van der Waals surface area contributed by atoms with Gasteiger partial charge in [-0.1, -0.05) is 308 Å². The summed E-state index contributed by atoms with van der Waals surface area (Å²) in [5.41, 5.74) is 0. The van der Waals surface area contributed by atoms with Crippen molar-refractivity contribution in [2.45, 2.75) is 341 Å². The molecule has 0 spiro atoms. The van der Waals surface area contributed by atoms with Gasteiger partial charge in [0.25, 0.3) is 0 Å². The predicted molar refractivity (Wildman–Crippen MR) is 436 cm³/mol. The first-order valence-electron chi connectivity index (χ1n) is 41.1. The Hall–Kier alpha value is -5.06. The molecule has 0 fully saturated rings. The number of hydrogen-bond acceptors (Lipinski definition) is 15. The van der Waals surface area contributed by atoms with Crippen LogP contribution in [0.25, 0.3) is 0 Å². The van der Waals surface area contributed by atoms with Gasteiger partial charge in [0.15, 0.2) is 12.2 Å². The molecule has 0 amide bonds. The summed E-state index contributed by atoms with van der Waals surface area (Å²) < 4.78 is 68.5. The van der Waals surface area contributed by atoms with Crippen molar-refractivity contribution in [3.63, 3.8) is 0 Å². The van der Waals surface area contributed by atoms with Crippen molar-refractivity contribution in [1.29, 1.82) is 0 Å². The Bertz CT molecular complexity index is 2580. The van der Waals surface area contributed by atoms with Crippen molar-refractivity contribution in [2.24, 2.45) is 0 Å². The Labute approximate surface area is 643 Å². The number of unbranched alkanes of at least 4 members (excludes halogenated alkanes) is 26. The number of ether oxygens (including phenoxy) is 4. The highest BCUT2D eigenvalue weighted by molar-refractivity contribution is 7.47. The van der Waals surface area contributed by atoms with Crippen LogP contribution in [0.3, 0.4) is 0 Å². The van der Waals surface area contributed by atoms with E-state index in [-0.39, 0.29) is 25.7 Å². The molecule has 17 nitrogen and oxygen atoms in total. The van der Waals surface area contributed by atoms with Gasteiger partial charge >= 0.3 is 39.5 Å². The van der Waals surface area contributed by atoms with Crippen molar-refractivity contribution in [2.75, 3.05) is 39.6 Å². The molecule has 0 radical (unpaired) electrons. The van der Waals surface area contributed by atoms with Gasteiger partial charge in [0.1, 0.15) is 19.3 Å². The van der Waals surface area contributed by atoms with Gasteiger partial charge < -0.3 is 33.8 Å². The molecular weight excluding hydrogens is 1380 g/mol. The van der Waals surface area contributed by atoms with Crippen LogP contribution in [0.4, 0.5) is 0 Å². The molecule has 0 rings (SSSR count). The minimum Gasteiger partial charge on any atom is -0.462 e. The number of aliphatic hydroxyl groups excluding tert-OH is 1. The molecule has 0 bridgehead atoms. The van der Waals surface area contributed by atoms with E-state index in [2.05, 4.69) is 137 Å². The van der Waals surface area contributed by atoms with Crippen LogP contribution in [0.1, 0.15) is 323 Å². The van der Waals surface area contributed by atoms with Crippen LogP contribution in [0.5, 0.6) is 0 Å². The van der Waals surface area contributed by atoms with Crippen LogP contribution in [0.2, 0.25) is 0 Å². The van der Waals surface area contributed by atoms with Crippen molar-refractivity contribution < 1.29 is 80.2 Å². The molecule has 0 aromatic rings. The number of carbonyl (C=O) groups excluding carboxylic acids is 4. The van der Waals surface area contributed by atoms with Crippen molar-refractivity contribution in [3.05, 3.63) is 146 Å². The second-order valence-electron chi connectivity index (χ2n) is 27.0. The summed E-state index contributed by atoms with van der Waals surface area (Å²) in [5, 5.41) is 10.6. The molecule has 0 aromatic heterocycles. The van der Waals surface area contributed by atoms with E-state index in [0.717, 1.165) is 122 Å². The molecule has 0 aliphatic rings. The number of aliphatic hydroxyl groups is 1. The third-order valence-electron chi connectivity index (χ3n) is 16.8. The normalized spacial score (nSPS) is 14.6. The molecule has 2 unspecified atom stereocenters. The Morgan fingerprint density at radius 2 is 0.481 bits per heavy atom. The van der Waals surface area contributed by atoms with Gasteiger partial charge in [0.2, 0.25) is 0 Å². The minimum absolute atomic E-state index is 0.0185. The number of phosphoric ester groups is 2. The Balaban J connectivity index is 5.51. The minimum atomic E-state index is -5.02. The van der Waals surface area contributed by atoms with Gasteiger partial charge in [-0.05, 0) is 135 Å². The number of hydrogen-bond donors (Lipinski definition) is 3. The molecule has 0 aliphatic heterocycles. The highest BCUT2D eigenvalue weighted by Crippen LogP contribution is 2.45. The first kappa shape index (κ1) is 101. The lowest BCUT2D eigenvalue weighted by molar-refractivity contribution is -0.161. The van der Waals surface area contributed by atoms with Crippen LogP contribution in [0, 0.1) is 0 Å². The van der Waals surface area contributed by atoms with Gasteiger partial charge in [-0.15, -0.1) is 0 Å². The van der Waals surface area contributed by atoms with Crippen molar-refractivity contribution in [3.8, 4) is 0 Å². The fraction of sp³-hybridized carbons (Fsp3) is 0.678. The Kier molecular flexibility index (Phi) is 74.3. The number of esters is 4. The predicted octanol–water partition coefficient (Wildman–Crippen LogP) is 24.2. The fourth-order valence-corrected chi connectivity index (χ4v) is 12.1. The van der Waals surface area contributed by atoms with Gasteiger partial charge in [-0.2, -0.15) is 0 Å². The second-order valence-corrected chi connectivity index (χ2v) is 29.9. The zero-order valence-electron chi connectivity index (χ0n) is 66.3. The van der Waals surface area contributed by atoms with Crippen LogP contribution in [-0.4, -0.2) is 96.7 Å². The summed E-state index contributed by atoms with van der Waals surface area (Å²) >= 11 is 0. The average Bonchev–Trinajstić information content (AvgIpc) is 0.903. The van der Waals surface area contributed by atoms with E-state index < -0.39 is 97.5 Å². The first-order valence-corrected chi connectivity index (χ1v) is 44.1. The third-order valence-corrected chi connectivity index (χ3v) is 18.7. The maximum atomic E-state index is 13.1. The van der Waals surface area contributed by atoms with Crippen LogP contribution in [-0.2, 0) is 65.4 Å². The van der Waals surface area contributed by atoms with E-state index in [0.29, 0.717) is 38.5 Å². The van der Waals surface area contributed by atoms with E-state index in [1.54, 1.807) is 0 Å². The summed E-state index contributed by atoms with van der Waals surface area (Å²) in [6.07, 6.45) is 89.9. The lowest BCUT2D eigenvalue weighted by atomic mass is 10.0. The van der Waals surface area contributed by atoms with E-state index in [1.807, 2.05) is 36.5 Å². The van der Waals surface area contributed by atoms with Gasteiger partial charge in [-0.25, -0.2) is 9.13 Å². The van der Waals surface area contributed by atoms with E-state index in [4.69, 9.17) is 37.0 Å². The molecule has 0 aliphatic carbocycles. The lowest BCUT2D eigenvalue weighted by Gasteiger charge is -2.21. The van der Waals surface area contributed by atoms with Gasteiger partial charge in [0, 0.05) is 25.7 Å².